The molecule has 0 fully saturated rings. The van der Waals surface area contributed by atoms with E-state index in [4.69, 9.17) is 0 Å². The number of fused-ring (bicyclic) bond motifs is 3. The Hall–Kier alpha value is -2.64. The maximum Gasteiger partial charge on any atom is 0.266 e. The molecule has 4 rings (SSSR count). The fourth-order valence-corrected chi connectivity index (χ4v) is 4.77. The van der Waals surface area contributed by atoms with E-state index in [1.807, 2.05) is 18.4 Å². The second-order valence-corrected chi connectivity index (χ2v) is 8.26. The van der Waals surface area contributed by atoms with Gasteiger partial charge in [-0.15, -0.1) is 11.3 Å². The van der Waals surface area contributed by atoms with E-state index in [1.54, 1.807) is 20.9 Å². The van der Waals surface area contributed by atoms with Crippen LogP contribution in [0.5, 0.6) is 0 Å². The van der Waals surface area contributed by atoms with Gasteiger partial charge in [-0.3, -0.25) is 9.78 Å². The molecule has 0 spiro atoms. The number of likely N-dealkylation sites (N-methyl/N-ethyl adjacent to an activating group) is 1. The van der Waals surface area contributed by atoms with Gasteiger partial charge in [0.05, 0.1) is 16.8 Å². The van der Waals surface area contributed by atoms with Crippen LogP contribution in [0.15, 0.2) is 28.4 Å². The first-order chi connectivity index (χ1) is 13.8. The molecule has 29 heavy (non-hydrogen) atoms. The van der Waals surface area contributed by atoms with Gasteiger partial charge in [0.15, 0.2) is 0 Å². The van der Waals surface area contributed by atoms with Crippen LogP contribution in [0.4, 0.5) is 8.78 Å². The number of rotatable bonds is 4. The zero-order chi connectivity index (χ0) is 20.9. The Morgan fingerprint density at radius 1 is 1.17 bits per heavy atom. The van der Waals surface area contributed by atoms with Crippen LogP contribution < -0.4 is 10.9 Å². The normalized spacial score (nSPS) is 12.8. The van der Waals surface area contributed by atoms with Crippen molar-refractivity contribution < 1.29 is 8.78 Å². The maximum absolute atomic E-state index is 15.3. The number of thiophene rings is 1. The van der Waals surface area contributed by atoms with Gasteiger partial charge in [0.2, 0.25) is 0 Å². The number of hydrogen-bond donors (Lipinski definition) is 2. The summed E-state index contributed by atoms with van der Waals surface area (Å²) in [4.78, 5) is 19.7. The van der Waals surface area contributed by atoms with Gasteiger partial charge in [-0.05, 0) is 56.0 Å². The number of nitrogens with zero attached hydrogens (tertiary/aromatic N) is 1. The minimum atomic E-state index is -0.632. The second kappa shape index (κ2) is 7.31. The monoisotopic (exact) mass is 413 g/mol. The van der Waals surface area contributed by atoms with Crippen molar-refractivity contribution in [3.8, 4) is 11.1 Å². The highest BCUT2D eigenvalue weighted by molar-refractivity contribution is 7.17. The molecule has 4 aromatic rings. The summed E-state index contributed by atoms with van der Waals surface area (Å²) in [5.41, 5.74) is 2.28. The lowest BCUT2D eigenvalue weighted by Gasteiger charge is -2.17. The molecule has 1 aromatic carbocycles. The first-order valence-electron chi connectivity index (χ1n) is 9.37. The Bertz CT molecular complexity index is 1290. The van der Waals surface area contributed by atoms with Gasteiger partial charge in [-0.25, -0.2) is 8.78 Å². The van der Waals surface area contributed by atoms with Crippen molar-refractivity contribution in [2.45, 2.75) is 26.7 Å². The van der Waals surface area contributed by atoms with E-state index in [2.05, 4.69) is 15.3 Å². The molecule has 0 unspecified atom stereocenters. The number of benzene rings is 1. The summed E-state index contributed by atoms with van der Waals surface area (Å²) in [7, 11) is 1.80. The van der Waals surface area contributed by atoms with Gasteiger partial charge in [0.25, 0.3) is 5.56 Å². The maximum atomic E-state index is 15.3. The Morgan fingerprint density at radius 2 is 1.86 bits per heavy atom. The van der Waals surface area contributed by atoms with Crippen molar-refractivity contribution >= 4 is 32.3 Å². The Labute approximate surface area is 170 Å². The van der Waals surface area contributed by atoms with E-state index < -0.39 is 11.6 Å². The predicted molar refractivity (Wildman–Crippen MR) is 115 cm³/mol. The number of halogens is 2. The lowest BCUT2D eigenvalue weighted by molar-refractivity contribution is 0.577. The van der Waals surface area contributed by atoms with Crippen molar-refractivity contribution in [3.63, 3.8) is 0 Å². The molecule has 150 valence electrons. The lowest BCUT2D eigenvalue weighted by Crippen LogP contribution is -2.15. The molecule has 3 aromatic heterocycles. The largest absolute Gasteiger partial charge is 0.319 e. The number of pyridine rings is 2. The van der Waals surface area contributed by atoms with Crippen molar-refractivity contribution in [2.75, 3.05) is 13.6 Å². The number of aryl methyl sites for hydroxylation is 2. The minimum absolute atomic E-state index is 0.0352. The summed E-state index contributed by atoms with van der Waals surface area (Å²) >= 11 is 1.31. The topological polar surface area (TPSA) is 57.8 Å². The average Bonchev–Trinajstić information content (AvgIpc) is 3.15. The molecule has 0 bridgehead atoms. The lowest BCUT2D eigenvalue weighted by atomic mass is 9.92. The van der Waals surface area contributed by atoms with Gasteiger partial charge in [-0.2, -0.15) is 0 Å². The van der Waals surface area contributed by atoms with E-state index in [1.165, 1.54) is 23.5 Å². The number of hydrogen-bond acceptors (Lipinski definition) is 4. The van der Waals surface area contributed by atoms with Crippen LogP contribution in [0.25, 0.3) is 32.1 Å². The van der Waals surface area contributed by atoms with E-state index in [-0.39, 0.29) is 17.0 Å². The van der Waals surface area contributed by atoms with Crippen molar-refractivity contribution in [2.24, 2.45) is 0 Å². The van der Waals surface area contributed by atoms with Crippen molar-refractivity contribution in [1.29, 1.82) is 0 Å². The fourth-order valence-electron chi connectivity index (χ4n) is 3.97. The summed E-state index contributed by atoms with van der Waals surface area (Å²) in [5.74, 6) is -1.30. The Kier molecular flexibility index (Phi) is 4.96. The third-order valence-electron chi connectivity index (χ3n) is 5.33. The molecule has 0 saturated carbocycles. The highest BCUT2D eigenvalue weighted by atomic mass is 32.1. The molecule has 3 heterocycles. The molecule has 0 amide bonds. The first-order valence-corrected chi connectivity index (χ1v) is 10.3. The molecule has 0 aliphatic heterocycles. The zero-order valence-corrected chi connectivity index (χ0v) is 17.4. The van der Waals surface area contributed by atoms with Crippen LogP contribution in [-0.2, 0) is 0 Å². The predicted octanol–water partition coefficient (Wildman–Crippen LogP) is 5.02. The van der Waals surface area contributed by atoms with E-state index in [0.29, 0.717) is 50.0 Å². The molecule has 4 nitrogen and oxygen atoms in total. The first kappa shape index (κ1) is 19.7. The summed E-state index contributed by atoms with van der Waals surface area (Å²) in [6.45, 7) is 6.05. The number of H-pyrrole nitrogens is 1. The molecule has 7 heteroatoms. The molecule has 0 saturated heterocycles. The number of aromatic nitrogens is 2. The third kappa shape index (κ3) is 3.14. The smallest absolute Gasteiger partial charge is 0.266 e. The summed E-state index contributed by atoms with van der Waals surface area (Å²) < 4.78 is 31.0. The van der Waals surface area contributed by atoms with Crippen LogP contribution in [0.2, 0.25) is 0 Å². The standard InChI is InChI=1S/C22H21F2N3OS/c1-10(9-25-4)13-7-15(23)19(16(24)8-13)17-11(2)26-12(3)20-18(17)14-5-6-29-21(14)22(28)27-20/h5-8,10,25H,9H2,1-4H3,(H,27,28)/t10-/m0/s1. The zero-order valence-electron chi connectivity index (χ0n) is 16.6. The molecule has 2 N–H and O–H groups in total. The number of aromatic amines is 1. The average molecular weight is 413 g/mol. The highest BCUT2D eigenvalue weighted by Gasteiger charge is 2.23. The highest BCUT2D eigenvalue weighted by Crippen LogP contribution is 2.39. The quantitative estimate of drug-likeness (QED) is 0.494. The molecule has 0 radical (unpaired) electrons. The summed E-state index contributed by atoms with van der Waals surface area (Å²) in [5, 5.41) is 6.14. The van der Waals surface area contributed by atoms with Crippen LogP contribution in [0.3, 0.4) is 0 Å². The van der Waals surface area contributed by atoms with Gasteiger partial charge in [0.1, 0.15) is 16.3 Å². The van der Waals surface area contributed by atoms with Crippen LogP contribution >= 0.6 is 11.3 Å². The van der Waals surface area contributed by atoms with Gasteiger partial charge in [-0.1, -0.05) is 6.92 Å². The Balaban J connectivity index is 2.10. The third-order valence-corrected chi connectivity index (χ3v) is 6.25. The van der Waals surface area contributed by atoms with E-state index in [9.17, 15) is 4.79 Å². The minimum Gasteiger partial charge on any atom is -0.319 e. The summed E-state index contributed by atoms with van der Waals surface area (Å²) in [6.07, 6.45) is 0. The van der Waals surface area contributed by atoms with Crippen LogP contribution in [-0.4, -0.2) is 23.6 Å². The van der Waals surface area contributed by atoms with E-state index in [0.717, 1.165) is 0 Å². The fraction of sp³-hybridized carbons (Fsp3) is 0.273. The van der Waals surface area contributed by atoms with Crippen molar-refractivity contribution in [1.82, 2.24) is 15.3 Å². The molecular formula is C22H21F2N3OS. The number of nitrogens with one attached hydrogen (secondary N) is 2. The SMILES string of the molecule is CNC[C@H](C)c1cc(F)c(-c2c(C)nc(C)c3[nH]c(=O)c4sccc4c23)c(F)c1. The molecule has 1 atom stereocenters. The van der Waals surface area contributed by atoms with Crippen LogP contribution in [0, 0.1) is 25.5 Å². The van der Waals surface area contributed by atoms with Crippen molar-refractivity contribution in [3.05, 3.63) is 62.5 Å². The van der Waals surface area contributed by atoms with E-state index >= 15 is 8.78 Å². The summed E-state index contributed by atoms with van der Waals surface area (Å²) in [6, 6.07) is 4.60. The van der Waals surface area contributed by atoms with Crippen LogP contribution in [0.1, 0.15) is 29.8 Å². The second-order valence-electron chi connectivity index (χ2n) is 7.34. The Morgan fingerprint density at radius 3 is 2.52 bits per heavy atom. The van der Waals surface area contributed by atoms with Gasteiger partial charge in [0, 0.05) is 28.6 Å². The van der Waals surface area contributed by atoms with Gasteiger partial charge >= 0.3 is 0 Å². The molecular weight excluding hydrogens is 392 g/mol. The molecule has 0 aliphatic carbocycles. The van der Waals surface area contributed by atoms with Gasteiger partial charge < -0.3 is 10.3 Å². The molecule has 0 aliphatic rings.